The Morgan fingerprint density at radius 1 is 0.955 bits per heavy atom. The van der Waals surface area contributed by atoms with Crippen molar-refractivity contribution in [2.45, 2.75) is 12.3 Å². The lowest BCUT2D eigenvalue weighted by Crippen LogP contribution is -1.97. The quantitative estimate of drug-likeness (QED) is 0.518. The van der Waals surface area contributed by atoms with Gasteiger partial charge in [0.2, 0.25) is 0 Å². The summed E-state index contributed by atoms with van der Waals surface area (Å²) < 4.78 is 5.35. The van der Waals surface area contributed by atoms with Gasteiger partial charge in [0.15, 0.2) is 0 Å². The summed E-state index contributed by atoms with van der Waals surface area (Å²) in [6.07, 6.45) is 0. The number of rotatable bonds is 3. The van der Waals surface area contributed by atoms with Crippen molar-refractivity contribution in [3.05, 3.63) is 75.5 Å². The third-order valence-corrected chi connectivity index (χ3v) is 4.55. The monoisotopic (exact) mass is 351 g/mol. The first-order valence-electron chi connectivity index (χ1n) is 6.69. The molecule has 0 fully saturated rings. The van der Waals surface area contributed by atoms with Gasteiger partial charge < -0.3 is 4.52 Å². The maximum Gasteiger partial charge on any atom is 0.139 e. The van der Waals surface area contributed by atoms with Crippen LogP contribution in [0.25, 0.3) is 11.3 Å². The van der Waals surface area contributed by atoms with Crippen molar-refractivity contribution in [3.8, 4) is 11.3 Å². The lowest BCUT2D eigenvalue weighted by atomic mass is 9.99. The Labute approximate surface area is 143 Å². The fourth-order valence-corrected chi connectivity index (χ4v) is 3.35. The highest BCUT2D eigenvalue weighted by Gasteiger charge is 2.25. The van der Waals surface area contributed by atoms with Gasteiger partial charge in [0.25, 0.3) is 0 Å². The van der Waals surface area contributed by atoms with E-state index < -0.39 is 5.38 Å². The third kappa shape index (κ3) is 2.74. The zero-order valence-electron chi connectivity index (χ0n) is 11.7. The van der Waals surface area contributed by atoms with Gasteiger partial charge in [0, 0.05) is 11.1 Å². The van der Waals surface area contributed by atoms with Crippen LogP contribution in [-0.2, 0) is 0 Å². The van der Waals surface area contributed by atoms with Gasteiger partial charge in [-0.15, -0.1) is 11.6 Å². The van der Waals surface area contributed by atoms with Crippen LogP contribution >= 0.6 is 34.8 Å². The molecular formula is C17H12Cl3NO. The molecule has 2 nitrogen and oxygen atoms in total. The minimum atomic E-state index is -0.394. The van der Waals surface area contributed by atoms with Crippen molar-refractivity contribution in [2.75, 3.05) is 0 Å². The smallest absolute Gasteiger partial charge is 0.139 e. The van der Waals surface area contributed by atoms with Crippen LogP contribution in [0.5, 0.6) is 0 Å². The second kappa shape index (κ2) is 6.33. The van der Waals surface area contributed by atoms with Gasteiger partial charge in [-0.3, -0.25) is 0 Å². The SMILES string of the molecule is Cc1onc(-c2c(Cl)cccc2Cl)c1[C@@H](Cl)c1ccccc1. The molecule has 3 aromatic rings. The molecule has 0 aliphatic heterocycles. The number of hydrogen-bond acceptors (Lipinski definition) is 2. The molecule has 0 bridgehead atoms. The van der Waals surface area contributed by atoms with Crippen molar-refractivity contribution in [1.82, 2.24) is 5.16 Å². The van der Waals surface area contributed by atoms with Crippen molar-refractivity contribution >= 4 is 34.8 Å². The second-order valence-electron chi connectivity index (χ2n) is 4.87. The van der Waals surface area contributed by atoms with E-state index in [0.29, 0.717) is 27.1 Å². The molecule has 0 N–H and O–H groups in total. The van der Waals surface area contributed by atoms with Crippen molar-refractivity contribution < 1.29 is 4.52 Å². The number of nitrogens with zero attached hydrogens (tertiary/aromatic N) is 1. The fourth-order valence-electron chi connectivity index (χ4n) is 2.37. The molecule has 0 saturated carbocycles. The minimum Gasteiger partial charge on any atom is -0.361 e. The molecule has 0 spiro atoms. The first-order chi connectivity index (χ1) is 10.6. The van der Waals surface area contributed by atoms with E-state index in [1.807, 2.05) is 37.3 Å². The summed E-state index contributed by atoms with van der Waals surface area (Å²) >= 11 is 19.2. The molecule has 1 atom stereocenters. The topological polar surface area (TPSA) is 26.0 Å². The Balaban J connectivity index is 2.17. The molecule has 1 heterocycles. The standard InChI is InChI=1S/C17H12Cl3NO/c1-10-14(16(20)11-6-3-2-4-7-11)17(21-22-10)15-12(18)8-5-9-13(15)19/h2-9,16H,1H3/t16-/m0/s1. The minimum absolute atomic E-state index is 0.394. The van der Waals surface area contributed by atoms with E-state index in [-0.39, 0.29) is 0 Å². The first kappa shape index (κ1) is 15.4. The molecule has 2 aromatic carbocycles. The van der Waals surface area contributed by atoms with Crippen LogP contribution in [0.3, 0.4) is 0 Å². The van der Waals surface area contributed by atoms with Gasteiger partial charge in [-0.25, -0.2) is 0 Å². The largest absolute Gasteiger partial charge is 0.361 e. The van der Waals surface area contributed by atoms with Crippen LogP contribution in [-0.4, -0.2) is 5.16 Å². The molecule has 0 radical (unpaired) electrons. The van der Waals surface area contributed by atoms with Crippen molar-refractivity contribution in [3.63, 3.8) is 0 Å². The summed E-state index contributed by atoms with van der Waals surface area (Å²) in [5.41, 5.74) is 2.96. The predicted molar refractivity (Wildman–Crippen MR) is 90.8 cm³/mol. The summed E-state index contributed by atoms with van der Waals surface area (Å²) in [5.74, 6) is 0.648. The Hall–Kier alpha value is -1.48. The zero-order valence-corrected chi connectivity index (χ0v) is 14.0. The second-order valence-corrected chi connectivity index (χ2v) is 6.12. The number of aryl methyl sites for hydroxylation is 1. The molecule has 1 aromatic heterocycles. The molecule has 3 rings (SSSR count). The van der Waals surface area contributed by atoms with Gasteiger partial charge in [0.05, 0.1) is 15.4 Å². The van der Waals surface area contributed by atoms with E-state index in [1.54, 1.807) is 18.2 Å². The van der Waals surface area contributed by atoms with Gasteiger partial charge in [-0.05, 0) is 24.6 Å². The van der Waals surface area contributed by atoms with E-state index in [0.717, 1.165) is 11.1 Å². The van der Waals surface area contributed by atoms with Gasteiger partial charge >= 0.3 is 0 Å². The summed E-state index contributed by atoms with van der Waals surface area (Å²) in [6, 6.07) is 15.1. The fraction of sp³-hybridized carbons (Fsp3) is 0.118. The third-order valence-electron chi connectivity index (χ3n) is 3.45. The molecule has 0 aliphatic rings. The van der Waals surface area contributed by atoms with E-state index >= 15 is 0 Å². The number of alkyl halides is 1. The van der Waals surface area contributed by atoms with Crippen LogP contribution in [0.2, 0.25) is 10.0 Å². The molecule has 0 unspecified atom stereocenters. The molecule has 0 saturated heterocycles. The lowest BCUT2D eigenvalue weighted by molar-refractivity contribution is 0.398. The summed E-state index contributed by atoms with van der Waals surface area (Å²) in [4.78, 5) is 0. The highest BCUT2D eigenvalue weighted by atomic mass is 35.5. The number of halogens is 3. The van der Waals surface area contributed by atoms with E-state index in [2.05, 4.69) is 5.16 Å². The van der Waals surface area contributed by atoms with E-state index in [9.17, 15) is 0 Å². The van der Waals surface area contributed by atoms with E-state index in [4.69, 9.17) is 39.3 Å². The molecule has 112 valence electrons. The molecule has 0 amide bonds. The number of aromatic nitrogens is 1. The van der Waals surface area contributed by atoms with Crippen LogP contribution < -0.4 is 0 Å². The van der Waals surface area contributed by atoms with E-state index in [1.165, 1.54) is 0 Å². The van der Waals surface area contributed by atoms with Crippen molar-refractivity contribution in [1.29, 1.82) is 0 Å². The Morgan fingerprint density at radius 2 is 1.59 bits per heavy atom. The molecule has 5 heteroatoms. The lowest BCUT2D eigenvalue weighted by Gasteiger charge is -2.12. The Morgan fingerprint density at radius 3 is 2.23 bits per heavy atom. The Kier molecular flexibility index (Phi) is 4.44. The van der Waals surface area contributed by atoms with Gasteiger partial charge in [-0.2, -0.15) is 0 Å². The highest BCUT2D eigenvalue weighted by Crippen LogP contribution is 2.42. The summed E-state index contributed by atoms with van der Waals surface area (Å²) in [7, 11) is 0. The molecular weight excluding hydrogens is 341 g/mol. The van der Waals surface area contributed by atoms with Crippen LogP contribution in [0, 0.1) is 6.92 Å². The van der Waals surface area contributed by atoms with Gasteiger partial charge in [0.1, 0.15) is 11.5 Å². The van der Waals surface area contributed by atoms with Crippen LogP contribution in [0.4, 0.5) is 0 Å². The highest BCUT2D eigenvalue weighted by molar-refractivity contribution is 6.39. The van der Waals surface area contributed by atoms with Crippen LogP contribution in [0.1, 0.15) is 22.3 Å². The predicted octanol–water partition coefficient (Wildman–Crippen LogP) is 6.29. The zero-order chi connectivity index (χ0) is 15.7. The number of hydrogen-bond donors (Lipinski definition) is 0. The maximum absolute atomic E-state index is 6.65. The van der Waals surface area contributed by atoms with Gasteiger partial charge in [-0.1, -0.05) is 64.8 Å². The summed E-state index contributed by atoms with van der Waals surface area (Å²) in [6.45, 7) is 1.83. The molecule has 0 aliphatic carbocycles. The number of benzene rings is 2. The normalized spacial score (nSPS) is 12.4. The maximum atomic E-state index is 6.65. The first-order valence-corrected chi connectivity index (χ1v) is 7.88. The molecule has 22 heavy (non-hydrogen) atoms. The summed E-state index contributed by atoms with van der Waals surface area (Å²) in [5, 5.41) is 4.76. The Bertz CT molecular complexity index is 779. The van der Waals surface area contributed by atoms with Crippen LogP contribution in [0.15, 0.2) is 53.1 Å². The average Bonchev–Trinajstić information content (AvgIpc) is 2.89. The average molecular weight is 353 g/mol. The van der Waals surface area contributed by atoms with Crippen molar-refractivity contribution in [2.24, 2.45) is 0 Å².